The average molecular weight is 436 g/mol. The number of nitrogens with one attached hydrogen (secondary N) is 1. The molecule has 2 heterocycles. The van der Waals surface area contributed by atoms with Gasteiger partial charge in [-0.2, -0.15) is 0 Å². The molecule has 1 aromatic heterocycles. The summed E-state index contributed by atoms with van der Waals surface area (Å²) in [6.45, 7) is 7.96. The van der Waals surface area contributed by atoms with Gasteiger partial charge in [-0.3, -0.25) is 14.6 Å². The van der Waals surface area contributed by atoms with Gasteiger partial charge in [0.05, 0.1) is 5.92 Å². The Morgan fingerprint density at radius 3 is 2.61 bits per heavy atom. The summed E-state index contributed by atoms with van der Waals surface area (Å²) in [6.07, 6.45) is 2.85. The minimum Gasteiger partial charge on any atom is -0.310 e. The zero-order valence-electron chi connectivity index (χ0n) is 18.2. The van der Waals surface area contributed by atoms with E-state index in [0.29, 0.717) is 35.0 Å². The Bertz CT molecular complexity index is 1120. The number of allylic oxidation sites excluding steroid dienone is 2. The lowest BCUT2D eigenvalue weighted by Gasteiger charge is -2.39. The van der Waals surface area contributed by atoms with Crippen LogP contribution in [0.4, 0.5) is 5.82 Å². The fraction of sp³-hybridized carbons (Fsp3) is 0.360. The number of nitrogens with zero attached hydrogens (tertiary/aromatic N) is 2. The Morgan fingerprint density at radius 1 is 1.16 bits per heavy atom. The quantitative estimate of drug-likeness (QED) is 0.691. The molecule has 1 unspecified atom stereocenters. The molecule has 160 valence electrons. The molecule has 5 nitrogen and oxygen atoms in total. The largest absolute Gasteiger partial charge is 0.310 e. The number of amides is 1. The molecule has 2 atom stereocenters. The van der Waals surface area contributed by atoms with Crippen LogP contribution < -0.4 is 5.32 Å². The highest BCUT2D eigenvalue weighted by molar-refractivity contribution is 6.30. The van der Waals surface area contributed by atoms with Crippen molar-refractivity contribution >= 4 is 34.8 Å². The molecule has 0 fully saturated rings. The standard InChI is InChI=1S/C25H26ClN3O2/c1-14-8-9-20(27-13-14)29-24(31)21-15(2)28-18-11-25(3,4)12-19(30)23(18)22(21)16-6-5-7-17(26)10-16/h5-10,13,21-22H,11-12H2,1-4H3,(H,27,29,31)/t21?,22-/m1/s1. The number of aliphatic imine (C=N–C) groups is 1. The van der Waals surface area contributed by atoms with E-state index >= 15 is 0 Å². The van der Waals surface area contributed by atoms with Gasteiger partial charge in [-0.15, -0.1) is 0 Å². The van der Waals surface area contributed by atoms with E-state index in [1.165, 1.54) is 0 Å². The number of Topliss-reactive ketones (excluding diaryl/α,β-unsaturated/α-hetero) is 1. The number of carbonyl (C=O) groups is 2. The third-order valence-corrected chi connectivity index (χ3v) is 6.19. The normalized spacial score (nSPS) is 22.6. The van der Waals surface area contributed by atoms with Crippen molar-refractivity contribution in [2.24, 2.45) is 16.3 Å². The van der Waals surface area contributed by atoms with Crippen LogP contribution in [0.3, 0.4) is 0 Å². The summed E-state index contributed by atoms with van der Waals surface area (Å²) in [5.41, 5.74) is 3.83. The summed E-state index contributed by atoms with van der Waals surface area (Å²) in [5.74, 6) is -0.750. The van der Waals surface area contributed by atoms with Crippen molar-refractivity contribution in [3.05, 3.63) is 70.0 Å². The molecule has 1 aliphatic carbocycles. The van der Waals surface area contributed by atoms with Crippen molar-refractivity contribution in [3.8, 4) is 0 Å². The Labute approximate surface area is 187 Å². The van der Waals surface area contributed by atoms with Gasteiger partial charge in [-0.05, 0) is 55.0 Å². The first-order valence-corrected chi connectivity index (χ1v) is 10.8. The summed E-state index contributed by atoms with van der Waals surface area (Å²) < 4.78 is 0. The number of carbonyl (C=O) groups excluding carboxylic acids is 2. The molecule has 0 bridgehead atoms. The summed E-state index contributed by atoms with van der Waals surface area (Å²) in [5, 5.41) is 3.48. The summed E-state index contributed by atoms with van der Waals surface area (Å²) >= 11 is 6.29. The van der Waals surface area contributed by atoms with Crippen LogP contribution in [0, 0.1) is 18.3 Å². The average Bonchev–Trinajstić information content (AvgIpc) is 2.67. The number of hydrogen-bond donors (Lipinski definition) is 1. The maximum absolute atomic E-state index is 13.4. The first kappa shape index (κ1) is 21.4. The van der Waals surface area contributed by atoms with Gasteiger partial charge < -0.3 is 5.32 Å². The highest BCUT2D eigenvalue weighted by atomic mass is 35.5. The van der Waals surface area contributed by atoms with Gasteiger partial charge in [0.2, 0.25) is 5.91 Å². The molecule has 2 aromatic rings. The number of rotatable bonds is 3. The Morgan fingerprint density at radius 2 is 1.94 bits per heavy atom. The first-order valence-electron chi connectivity index (χ1n) is 10.4. The lowest BCUT2D eigenvalue weighted by atomic mass is 9.66. The number of anilines is 1. The second kappa shape index (κ2) is 8.04. The second-order valence-electron chi connectivity index (χ2n) is 9.27. The summed E-state index contributed by atoms with van der Waals surface area (Å²) in [7, 11) is 0. The van der Waals surface area contributed by atoms with Crippen molar-refractivity contribution < 1.29 is 9.59 Å². The van der Waals surface area contributed by atoms with Gasteiger partial charge >= 0.3 is 0 Å². The van der Waals surface area contributed by atoms with Gasteiger partial charge in [-0.1, -0.05) is 43.6 Å². The zero-order valence-corrected chi connectivity index (χ0v) is 19.0. The molecule has 0 saturated heterocycles. The molecule has 1 N–H and O–H groups in total. The van der Waals surface area contributed by atoms with Crippen LogP contribution in [-0.2, 0) is 9.59 Å². The Kier molecular flexibility index (Phi) is 5.56. The number of ketones is 1. The van der Waals surface area contributed by atoms with E-state index in [1.807, 2.05) is 38.1 Å². The van der Waals surface area contributed by atoms with E-state index in [-0.39, 0.29) is 17.1 Å². The molecule has 2 aliphatic rings. The highest BCUT2D eigenvalue weighted by Crippen LogP contribution is 2.48. The van der Waals surface area contributed by atoms with Gasteiger partial charge in [0, 0.05) is 40.5 Å². The van der Waals surface area contributed by atoms with Crippen LogP contribution in [0.2, 0.25) is 5.02 Å². The maximum atomic E-state index is 13.4. The molecule has 0 spiro atoms. The van der Waals surface area contributed by atoms with Gasteiger partial charge in [0.25, 0.3) is 0 Å². The van der Waals surface area contributed by atoms with Crippen molar-refractivity contribution in [2.45, 2.75) is 46.5 Å². The fourth-order valence-corrected chi connectivity index (χ4v) is 4.79. The predicted octanol–water partition coefficient (Wildman–Crippen LogP) is 5.50. The number of aryl methyl sites for hydroxylation is 1. The van der Waals surface area contributed by atoms with E-state index < -0.39 is 11.8 Å². The van der Waals surface area contributed by atoms with Crippen molar-refractivity contribution in [2.75, 3.05) is 5.32 Å². The number of aromatic nitrogens is 1. The third-order valence-electron chi connectivity index (χ3n) is 5.96. The monoisotopic (exact) mass is 435 g/mol. The molecule has 1 aromatic carbocycles. The number of pyridine rings is 1. The lowest BCUT2D eigenvalue weighted by Crippen LogP contribution is -2.41. The van der Waals surface area contributed by atoms with Crippen LogP contribution in [0.1, 0.15) is 50.7 Å². The molecular weight excluding hydrogens is 410 g/mol. The number of halogens is 1. The van der Waals surface area contributed by atoms with E-state index in [9.17, 15) is 9.59 Å². The molecule has 1 aliphatic heterocycles. The van der Waals surface area contributed by atoms with Crippen LogP contribution in [0.5, 0.6) is 0 Å². The maximum Gasteiger partial charge on any atom is 0.235 e. The molecule has 6 heteroatoms. The van der Waals surface area contributed by atoms with Crippen molar-refractivity contribution in [1.29, 1.82) is 0 Å². The van der Waals surface area contributed by atoms with Gasteiger partial charge in [-0.25, -0.2) is 4.98 Å². The molecule has 4 rings (SSSR count). The van der Waals surface area contributed by atoms with E-state index in [1.54, 1.807) is 18.3 Å². The molecule has 31 heavy (non-hydrogen) atoms. The Balaban J connectivity index is 1.79. The Hall–Kier alpha value is -2.79. The minimum atomic E-state index is -0.620. The predicted molar refractivity (Wildman–Crippen MR) is 123 cm³/mol. The SMILES string of the molecule is CC1=NC2=C(C(=O)CC(C)(C)C2)[C@H](c2cccc(Cl)c2)C1C(=O)Nc1ccc(C)cn1. The third kappa shape index (κ3) is 4.33. The van der Waals surface area contributed by atoms with Crippen molar-refractivity contribution in [1.82, 2.24) is 4.98 Å². The number of benzene rings is 1. The van der Waals surface area contributed by atoms with E-state index in [2.05, 4.69) is 24.1 Å². The smallest absolute Gasteiger partial charge is 0.235 e. The van der Waals surface area contributed by atoms with Crippen LogP contribution in [0.15, 0.2) is 58.9 Å². The molecule has 1 amide bonds. The lowest BCUT2D eigenvalue weighted by molar-refractivity contribution is -0.119. The van der Waals surface area contributed by atoms with Crippen LogP contribution in [-0.4, -0.2) is 22.4 Å². The van der Waals surface area contributed by atoms with Crippen molar-refractivity contribution in [3.63, 3.8) is 0 Å². The fourth-order valence-electron chi connectivity index (χ4n) is 4.59. The topological polar surface area (TPSA) is 71.4 Å². The highest BCUT2D eigenvalue weighted by Gasteiger charge is 2.45. The molecule has 0 radical (unpaired) electrons. The zero-order chi connectivity index (χ0) is 22.3. The summed E-state index contributed by atoms with van der Waals surface area (Å²) in [6, 6.07) is 11.1. The number of hydrogen-bond acceptors (Lipinski definition) is 4. The van der Waals surface area contributed by atoms with E-state index in [4.69, 9.17) is 16.6 Å². The van der Waals surface area contributed by atoms with Crippen LogP contribution >= 0.6 is 11.6 Å². The molecule has 0 saturated carbocycles. The second-order valence-corrected chi connectivity index (χ2v) is 9.71. The van der Waals surface area contributed by atoms with Gasteiger partial charge in [0.15, 0.2) is 5.78 Å². The first-order chi connectivity index (χ1) is 14.6. The van der Waals surface area contributed by atoms with E-state index in [0.717, 1.165) is 16.8 Å². The molecular formula is C25H26ClN3O2. The summed E-state index contributed by atoms with van der Waals surface area (Å²) in [4.78, 5) is 35.8. The van der Waals surface area contributed by atoms with Gasteiger partial charge in [0.1, 0.15) is 5.82 Å². The minimum absolute atomic E-state index is 0.0544. The van der Waals surface area contributed by atoms with Crippen LogP contribution in [0.25, 0.3) is 0 Å².